The van der Waals surface area contributed by atoms with Crippen LogP contribution in [-0.2, 0) is 0 Å². The van der Waals surface area contributed by atoms with Gasteiger partial charge in [-0.3, -0.25) is 0 Å². The van der Waals surface area contributed by atoms with Gasteiger partial charge in [-0.15, -0.1) is 11.3 Å². The first-order valence-corrected chi connectivity index (χ1v) is 3.43. The fraction of sp³-hybridized carbons (Fsp3) is 0.167. The molecule has 1 N–H and O–H groups in total. The summed E-state index contributed by atoms with van der Waals surface area (Å²) in [6.07, 6.45) is 1.43. The molecule has 0 spiro atoms. The smallest absolute Gasteiger partial charge is 0.0833 e. The highest BCUT2D eigenvalue weighted by molar-refractivity contribution is 7.11. The molecule has 0 aliphatic heterocycles. The van der Waals surface area contributed by atoms with Gasteiger partial charge in [0, 0.05) is 4.88 Å². The average molecular weight is 141 g/mol. The van der Waals surface area contributed by atoms with Gasteiger partial charge in [0.15, 0.2) is 0 Å². The molecule has 1 rings (SSSR count). The van der Waals surface area contributed by atoms with E-state index in [9.17, 15) is 0 Å². The van der Waals surface area contributed by atoms with Crippen molar-refractivity contribution in [2.24, 2.45) is 5.16 Å². The Kier molecular flexibility index (Phi) is 1.85. The van der Waals surface area contributed by atoms with Crippen LogP contribution in [0.15, 0.2) is 16.6 Å². The van der Waals surface area contributed by atoms with Gasteiger partial charge in [0.2, 0.25) is 0 Å². The van der Waals surface area contributed by atoms with E-state index in [0.29, 0.717) is 0 Å². The van der Waals surface area contributed by atoms with Gasteiger partial charge in [-0.25, -0.2) is 0 Å². The van der Waals surface area contributed by atoms with Gasteiger partial charge in [-0.05, 0) is 23.9 Å². The molecule has 9 heavy (non-hydrogen) atoms. The van der Waals surface area contributed by atoms with Crippen molar-refractivity contribution in [3.63, 3.8) is 0 Å². The first-order valence-electron chi connectivity index (χ1n) is 2.55. The minimum absolute atomic E-state index is 0.981. The van der Waals surface area contributed by atoms with E-state index < -0.39 is 0 Å². The van der Waals surface area contributed by atoms with Crippen LogP contribution in [0.25, 0.3) is 0 Å². The van der Waals surface area contributed by atoms with Crippen LogP contribution >= 0.6 is 11.3 Å². The van der Waals surface area contributed by atoms with Crippen molar-refractivity contribution in [2.75, 3.05) is 0 Å². The Balaban J connectivity index is 2.85. The molecule has 0 unspecified atom stereocenters. The SMILES string of the molecule is Cc1csc(/C=N/O)c1. The van der Waals surface area contributed by atoms with Crippen molar-refractivity contribution in [3.05, 3.63) is 21.9 Å². The lowest BCUT2D eigenvalue weighted by atomic mass is 10.3. The zero-order chi connectivity index (χ0) is 6.69. The lowest BCUT2D eigenvalue weighted by molar-refractivity contribution is 0.322. The quantitative estimate of drug-likeness (QED) is 0.361. The Morgan fingerprint density at radius 1 is 1.78 bits per heavy atom. The molecule has 0 saturated heterocycles. The van der Waals surface area contributed by atoms with Crippen molar-refractivity contribution in [2.45, 2.75) is 6.92 Å². The molecule has 0 aliphatic carbocycles. The number of hydrogen-bond acceptors (Lipinski definition) is 3. The van der Waals surface area contributed by atoms with Crippen molar-refractivity contribution in [1.82, 2.24) is 0 Å². The van der Waals surface area contributed by atoms with Crippen LogP contribution in [0, 0.1) is 6.92 Å². The standard InChI is InChI=1S/C6H7NOS/c1-5-2-6(3-7-8)9-4-5/h2-4,8H,1H3/b7-3+. The van der Waals surface area contributed by atoms with Crippen LogP contribution in [0.3, 0.4) is 0 Å². The third-order valence-electron chi connectivity index (χ3n) is 0.936. The van der Waals surface area contributed by atoms with Gasteiger partial charge >= 0.3 is 0 Å². The molecule has 0 amide bonds. The summed E-state index contributed by atoms with van der Waals surface area (Å²) >= 11 is 1.56. The minimum Gasteiger partial charge on any atom is -0.411 e. The lowest BCUT2D eigenvalue weighted by Crippen LogP contribution is -1.69. The zero-order valence-electron chi connectivity index (χ0n) is 5.03. The Morgan fingerprint density at radius 3 is 3.00 bits per heavy atom. The zero-order valence-corrected chi connectivity index (χ0v) is 5.85. The maximum absolute atomic E-state index is 8.11. The molecule has 0 saturated carbocycles. The first-order chi connectivity index (χ1) is 4.33. The van der Waals surface area contributed by atoms with Gasteiger partial charge in [0.1, 0.15) is 0 Å². The Bertz CT molecular complexity index is 217. The van der Waals surface area contributed by atoms with E-state index in [1.165, 1.54) is 11.8 Å². The summed E-state index contributed by atoms with van der Waals surface area (Å²) in [7, 11) is 0. The summed E-state index contributed by atoms with van der Waals surface area (Å²) in [5.74, 6) is 0. The normalized spacial score (nSPS) is 10.8. The summed E-state index contributed by atoms with van der Waals surface area (Å²) < 4.78 is 0. The van der Waals surface area contributed by atoms with Crippen molar-refractivity contribution < 1.29 is 5.21 Å². The van der Waals surface area contributed by atoms with Crippen LogP contribution in [0.4, 0.5) is 0 Å². The second-order valence-electron chi connectivity index (χ2n) is 1.77. The van der Waals surface area contributed by atoms with Crippen LogP contribution in [0.5, 0.6) is 0 Å². The van der Waals surface area contributed by atoms with E-state index in [1.54, 1.807) is 11.3 Å². The molecule has 3 heteroatoms. The third-order valence-corrected chi connectivity index (χ3v) is 1.92. The minimum atomic E-state index is 0.981. The molecular formula is C6H7NOS. The Hall–Kier alpha value is -0.830. The van der Waals surface area contributed by atoms with Gasteiger partial charge < -0.3 is 5.21 Å². The fourth-order valence-corrected chi connectivity index (χ4v) is 1.33. The summed E-state index contributed by atoms with van der Waals surface area (Å²) in [5, 5.41) is 13.0. The van der Waals surface area contributed by atoms with E-state index in [-0.39, 0.29) is 0 Å². The first kappa shape index (κ1) is 6.29. The molecule has 1 aromatic rings. The molecule has 1 heterocycles. The number of nitrogens with zero attached hydrogens (tertiary/aromatic N) is 1. The molecule has 2 nitrogen and oxygen atoms in total. The Morgan fingerprint density at radius 2 is 2.56 bits per heavy atom. The highest BCUT2D eigenvalue weighted by Gasteiger charge is 1.89. The van der Waals surface area contributed by atoms with E-state index in [0.717, 1.165) is 4.88 Å². The molecule has 0 aromatic carbocycles. The van der Waals surface area contributed by atoms with Crippen molar-refractivity contribution in [3.8, 4) is 0 Å². The lowest BCUT2D eigenvalue weighted by Gasteiger charge is -1.75. The number of rotatable bonds is 1. The largest absolute Gasteiger partial charge is 0.411 e. The van der Waals surface area contributed by atoms with Crippen molar-refractivity contribution in [1.29, 1.82) is 0 Å². The molecule has 0 fully saturated rings. The molecule has 48 valence electrons. The fourth-order valence-electron chi connectivity index (χ4n) is 0.578. The van der Waals surface area contributed by atoms with Crippen molar-refractivity contribution >= 4 is 17.6 Å². The maximum Gasteiger partial charge on any atom is 0.0833 e. The summed E-state index contributed by atoms with van der Waals surface area (Å²) in [6, 6.07) is 1.96. The predicted octanol–water partition coefficient (Wildman–Crippen LogP) is 1.86. The van der Waals surface area contributed by atoms with Gasteiger partial charge in [0.25, 0.3) is 0 Å². The molecule has 1 aromatic heterocycles. The maximum atomic E-state index is 8.11. The van der Waals surface area contributed by atoms with E-state index in [1.807, 2.05) is 18.4 Å². The third kappa shape index (κ3) is 1.54. The summed E-state index contributed by atoms with van der Waals surface area (Å²) in [4.78, 5) is 0.981. The molecule has 0 aliphatic rings. The Labute approximate surface area is 57.4 Å². The highest BCUT2D eigenvalue weighted by atomic mass is 32.1. The van der Waals surface area contributed by atoms with Crippen LogP contribution in [0.2, 0.25) is 0 Å². The van der Waals surface area contributed by atoms with E-state index in [2.05, 4.69) is 5.16 Å². The number of aryl methyl sites for hydroxylation is 1. The topological polar surface area (TPSA) is 32.6 Å². The van der Waals surface area contributed by atoms with Gasteiger partial charge in [-0.1, -0.05) is 5.16 Å². The number of oxime groups is 1. The summed E-state index contributed by atoms with van der Waals surface area (Å²) in [6.45, 7) is 2.01. The van der Waals surface area contributed by atoms with Gasteiger partial charge in [-0.2, -0.15) is 0 Å². The summed E-state index contributed by atoms with van der Waals surface area (Å²) in [5.41, 5.74) is 1.20. The number of thiophene rings is 1. The van der Waals surface area contributed by atoms with E-state index >= 15 is 0 Å². The molecule has 0 bridgehead atoms. The highest BCUT2D eigenvalue weighted by Crippen LogP contribution is 2.10. The van der Waals surface area contributed by atoms with Crippen LogP contribution in [-0.4, -0.2) is 11.4 Å². The van der Waals surface area contributed by atoms with Crippen LogP contribution in [0.1, 0.15) is 10.4 Å². The average Bonchev–Trinajstić information content (AvgIpc) is 2.17. The van der Waals surface area contributed by atoms with Gasteiger partial charge in [0.05, 0.1) is 6.21 Å². The number of hydrogen-bond donors (Lipinski definition) is 1. The molecular weight excluding hydrogens is 134 g/mol. The monoisotopic (exact) mass is 141 g/mol. The van der Waals surface area contributed by atoms with E-state index in [4.69, 9.17) is 5.21 Å². The second-order valence-corrected chi connectivity index (χ2v) is 2.71. The van der Waals surface area contributed by atoms with Crippen LogP contribution < -0.4 is 0 Å². The second kappa shape index (κ2) is 2.64. The molecule has 0 atom stereocenters. The predicted molar refractivity (Wildman–Crippen MR) is 38.4 cm³/mol. The molecule has 0 radical (unpaired) electrons.